The number of methoxy groups -OCH3 is 1. The molecule has 0 aliphatic heterocycles. The molecular formula is C26H23NO4. The number of Topliss-reactive ketones (excluding diaryl/α,β-unsaturated/α-hetero) is 1. The molecule has 3 aromatic carbocycles. The first-order valence-corrected chi connectivity index (χ1v) is 10.1. The van der Waals surface area contributed by atoms with Gasteiger partial charge in [0.05, 0.1) is 18.8 Å². The maximum atomic E-state index is 13.5. The van der Waals surface area contributed by atoms with E-state index in [-0.39, 0.29) is 17.8 Å². The summed E-state index contributed by atoms with van der Waals surface area (Å²) in [5.74, 6) is 1.43. The number of para-hydroxylation sites is 3. The summed E-state index contributed by atoms with van der Waals surface area (Å²) in [6, 6.07) is 22.0. The topological polar surface area (TPSA) is 61.6 Å². The zero-order valence-corrected chi connectivity index (χ0v) is 17.7. The summed E-state index contributed by atoms with van der Waals surface area (Å²) in [6.07, 6.45) is 1.81. The largest absolute Gasteiger partial charge is 0.496 e. The maximum absolute atomic E-state index is 13.5. The number of benzene rings is 3. The van der Waals surface area contributed by atoms with E-state index in [1.807, 2.05) is 62.4 Å². The number of ether oxygens (including phenoxy) is 2. The molecule has 5 heteroatoms. The summed E-state index contributed by atoms with van der Waals surface area (Å²) in [4.78, 5) is 18.1. The standard InChI is InChI=1S/C26H23NO4/c1-17(2)30-20-14-12-18(13-15-20)25(28)21(16-19-8-4-6-10-23(19)29-3)26-27-22-9-5-7-11-24(22)31-26/h4-17H,1-3H3/b21-16+. The number of aromatic nitrogens is 1. The molecule has 1 heterocycles. The van der Waals surface area contributed by atoms with Gasteiger partial charge in [-0.2, -0.15) is 0 Å². The van der Waals surface area contributed by atoms with Crippen LogP contribution in [0, 0.1) is 0 Å². The lowest BCUT2D eigenvalue weighted by Crippen LogP contribution is -2.07. The number of oxazole rings is 1. The molecule has 0 radical (unpaired) electrons. The zero-order valence-electron chi connectivity index (χ0n) is 17.7. The zero-order chi connectivity index (χ0) is 21.8. The molecule has 156 valence electrons. The van der Waals surface area contributed by atoms with Gasteiger partial charge in [-0.25, -0.2) is 4.98 Å². The van der Waals surface area contributed by atoms with Crippen molar-refractivity contribution in [2.45, 2.75) is 20.0 Å². The summed E-state index contributed by atoms with van der Waals surface area (Å²) in [7, 11) is 1.60. The number of ketones is 1. The lowest BCUT2D eigenvalue weighted by atomic mass is 10.0. The minimum atomic E-state index is -0.200. The number of allylic oxidation sites excluding steroid dienone is 1. The minimum Gasteiger partial charge on any atom is -0.496 e. The van der Waals surface area contributed by atoms with Crippen molar-refractivity contribution in [3.05, 3.63) is 89.8 Å². The Hall–Kier alpha value is -3.86. The second-order valence-corrected chi connectivity index (χ2v) is 7.31. The van der Waals surface area contributed by atoms with Crippen molar-refractivity contribution in [2.24, 2.45) is 0 Å². The number of carbonyl (C=O) groups excluding carboxylic acids is 1. The van der Waals surface area contributed by atoms with Crippen molar-refractivity contribution in [1.29, 1.82) is 0 Å². The highest BCUT2D eigenvalue weighted by Crippen LogP contribution is 2.29. The van der Waals surface area contributed by atoms with Crippen LogP contribution in [0.2, 0.25) is 0 Å². The van der Waals surface area contributed by atoms with Crippen LogP contribution in [0.25, 0.3) is 22.7 Å². The first-order chi connectivity index (χ1) is 15.0. The molecule has 5 nitrogen and oxygen atoms in total. The van der Waals surface area contributed by atoms with Gasteiger partial charge < -0.3 is 13.9 Å². The quantitative estimate of drug-likeness (QED) is 0.273. The predicted octanol–water partition coefficient (Wildman–Crippen LogP) is 6.05. The van der Waals surface area contributed by atoms with E-state index in [0.29, 0.717) is 33.7 Å². The molecule has 0 saturated carbocycles. The second kappa shape index (κ2) is 8.88. The number of hydrogen-bond acceptors (Lipinski definition) is 5. The monoisotopic (exact) mass is 413 g/mol. The van der Waals surface area contributed by atoms with E-state index in [9.17, 15) is 4.79 Å². The van der Waals surface area contributed by atoms with Crippen molar-refractivity contribution < 1.29 is 18.7 Å². The molecule has 0 spiro atoms. The van der Waals surface area contributed by atoms with E-state index in [1.165, 1.54) is 0 Å². The molecule has 0 aliphatic carbocycles. The molecule has 4 aromatic rings. The third-order valence-corrected chi connectivity index (χ3v) is 4.70. The molecular weight excluding hydrogens is 390 g/mol. The van der Waals surface area contributed by atoms with Crippen LogP contribution in [-0.2, 0) is 0 Å². The van der Waals surface area contributed by atoms with E-state index in [0.717, 1.165) is 5.56 Å². The number of fused-ring (bicyclic) bond motifs is 1. The average Bonchev–Trinajstić information content (AvgIpc) is 3.21. The van der Waals surface area contributed by atoms with Gasteiger partial charge >= 0.3 is 0 Å². The highest BCUT2D eigenvalue weighted by molar-refractivity contribution is 6.31. The van der Waals surface area contributed by atoms with E-state index >= 15 is 0 Å². The van der Waals surface area contributed by atoms with Crippen molar-refractivity contribution in [1.82, 2.24) is 4.98 Å². The highest BCUT2D eigenvalue weighted by atomic mass is 16.5. The summed E-state index contributed by atoms with van der Waals surface area (Å²) in [5.41, 5.74) is 2.93. The molecule has 1 aromatic heterocycles. The van der Waals surface area contributed by atoms with Crippen molar-refractivity contribution in [3.63, 3.8) is 0 Å². The fourth-order valence-electron chi connectivity index (χ4n) is 3.27. The Bertz CT molecular complexity index is 1200. The van der Waals surface area contributed by atoms with Gasteiger partial charge in [0.25, 0.3) is 0 Å². The van der Waals surface area contributed by atoms with Crippen molar-refractivity contribution in [2.75, 3.05) is 7.11 Å². The van der Waals surface area contributed by atoms with Gasteiger partial charge in [0.2, 0.25) is 5.89 Å². The van der Waals surface area contributed by atoms with Crippen LogP contribution in [-0.4, -0.2) is 24.0 Å². The van der Waals surface area contributed by atoms with Gasteiger partial charge in [0.1, 0.15) is 17.0 Å². The van der Waals surface area contributed by atoms with Gasteiger partial charge in [0, 0.05) is 11.1 Å². The van der Waals surface area contributed by atoms with E-state index in [4.69, 9.17) is 13.9 Å². The van der Waals surface area contributed by atoms with E-state index < -0.39 is 0 Å². The molecule has 0 aliphatic rings. The third-order valence-electron chi connectivity index (χ3n) is 4.70. The van der Waals surface area contributed by atoms with Crippen LogP contribution in [0.3, 0.4) is 0 Å². The van der Waals surface area contributed by atoms with Gasteiger partial charge in [-0.15, -0.1) is 0 Å². The normalized spacial score (nSPS) is 11.7. The lowest BCUT2D eigenvalue weighted by molar-refractivity contribution is 0.105. The second-order valence-electron chi connectivity index (χ2n) is 7.31. The SMILES string of the molecule is COc1ccccc1/C=C(\C(=O)c1ccc(OC(C)C)cc1)c1nc2ccccc2o1. The summed E-state index contributed by atoms with van der Waals surface area (Å²) in [5, 5.41) is 0. The van der Waals surface area contributed by atoms with Crippen LogP contribution in [0.5, 0.6) is 11.5 Å². The molecule has 0 unspecified atom stereocenters. The smallest absolute Gasteiger partial charge is 0.231 e. The van der Waals surface area contributed by atoms with Crippen LogP contribution in [0.4, 0.5) is 0 Å². The molecule has 31 heavy (non-hydrogen) atoms. The molecule has 0 saturated heterocycles. The van der Waals surface area contributed by atoms with E-state index in [2.05, 4.69) is 4.98 Å². The van der Waals surface area contributed by atoms with Crippen LogP contribution in [0.15, 0.2) is 77.2 Å². The Labute approximate surface area is 180 Å². The number of carbonyl (C=O) groups is 1. The molecule has 0 fully saturated rings. The molecule has 0 amide bonds. The summed E-state index contributed by atoms with van der Waals surface area (Å²) >= 11 is 0. The van der Waals surface area contributed by atoms with Crippen LogP contribution < -0.4 is 9.47 Å². The molecule has 0 N–H and O–H groups in total. The maximum Gasteiger partial charge on any atom is 0.231 e. The fourth-order valence-corrected chi connectivity index (χ4v) is 3.27. The Morgan fingerprint density at radius 1 is 0.968 bits per heavy atom. The molecule has 0 atom stereocenters. The minimum absolute atomic E-state index is 0.0577. The van der Waals surface area contributed by atoms with Crippen molar-refractivity contribution >= 4 is 28.5 Å². The number of nitrogens with zero attached hydrogens (tertiary/aromatic N) is 1. The predicted molar refractivity (Wildman–Crippen MR) is 121 cm³/mol. The Morgan fingerprint density at radius 2 is 1.68 bits per heavy atom. The van der Waals surface area contributed by atoms with Gasteiger partial charge in [-0.3, -0.25) is 4.79 Å². The first kappa shape index (κ1) is 20.4. The van der Waals surface area contributed by atoms with Crippen molar-refractivity contribution in [3.8, 4) is 11.5 Å². The third kappa shape index (κ3) is 4.51. The van der Waals surface area contributed by atoms with E-state index in [1.54, 1.807) is 37.5 Å². The average molecular weight is 413 g/mol. The Kier molecular flexibility index (Phi) is 5.85. The van der Waals surface area contributed by atoms with Crippen LogP contribution >= 0.6 is 0 Å². The van der Waals surface area contributed by atoms with Gasteiger partial charge in [-0.1, -0.05) is 30.3 Å². The number of hydrogen-bond donors (Lipinski definition) is 0. The molecule has 0 bridgehead atoms. The summed E-state index contributed by atoms with van der Waals surface area (Å²) in [6.45, 7) is 3.92. The Balaban J connectivity index is 1.80. The van der Waals surface area contributed by atoms with Gasteiger partial charge in [0.15, 0.2) is 11.4 Å². The van der Waals surface area contributed by atoms with Gasteiger partial charge in [-0.05, 0) is 62.4 Å². The summed E-state index contributed by atoms with van der Waals surface area (Å²) < 4.78 is 17.1. The highest BCUT2D eigenvalue weighted by Gasteiger charge is 2.21. The number of rotatable bonds is 7. The lowest BCUT2D eigenvalue weighted by Gasteiger charge is -2.10. The van der Waals surface area contributed by atoms with Crippen LogP contribution in [0.1, 0.15) is 35.7 Å². The molecule has 4 rings (SSSR count). The Morgan fingerprint density at radius 3 is 2.39 bits per heavy atom. The first-order valence-electron chi connectivity index (χ1n) is 10.1. The fraction of sp³-hybridized carbons (Fsp3) is 0.154.